The summed E-state index contributed by atoms with van der Waals surface area (Å²) in [5, 5.41) is 4.14. The van der Waals surface area contributed by atoms with E-state index in [1.807, 2.05) is 32.0 Å². The molecular weight excluding hydrogens is 420 g/mol. The van der Waals surface area contributed by atoms with Gasteiger partial charge in [-0.1, -0.05) is 17.7 Å². The van der Waals surface area contributed by atoms with E-state index in [1.165, 1.54) is 9.44 Å². The molecule has 1 aromatic carbocycles. The molecule has 0 radical (unpaired) electrons. The SMILES string of the molecule is Cc1ccc(NC(=O)Cn2c(CN(C)C)nc3sc4c(c3c2=O)CCCC4)cc1Cl. The second kappa shape index (κ2) is 8.49. The highest BCUT2D eigenvalue weighted by molar-refractivity contribution is 7.18. The lowest BCUT2D eigenvalue weighted by atomic mass is 9.97. The van der Waals surface area contributed by atoms with Gasteiger partial charge >= 0.3 is 0 Å². The van der Waals surface area contributed by atoms with Gasteiger partial charge in [0.2, 0.25) is 5.91 Å². The summed E-state index contributed by atoms with van der Waals surface area (Å²) < 4.78 is 1.52. The van der Waals surface area contributed by atoms with Gasteiger partial charge in [-0.05, 0) is 70.0 Å². The summed E-state index contributed by atoms with van der Waals surface area (Å²) in [5.74, 6) is 0.329. The van der Waals surface area contributed by atoms with Crippen LogP contribution in [0.15, 0.2) is 23.0 Å². The molecule has 2 heterocycles. The number of hydrogen-bond donors (Lipinski definition) is 1. The maximum Gasteiger partial charge on any atom is 0.263 e. The van der Waals surface area contributed by atoms with Crippen molar-refractivity contribution >= 4 is 44.7 Å². The van der Waals surface area contributed by atoms with Crippen molar-refractivity contribution in [2.45, 2.75) is 45.7 Å². The van der Waals surface area contributed by atoms with E-state index in [4.69, 9.17) is 16.6 Å². The first-order valence-electron chi connectivity index (χ1n) is 10.1. The van der Waals surface area contributed by atoms with Crippen molar-refractivity contribution in [3.8, 4) is 0 Å². The molecule has 0 atom stereocenters. The number of carbonyl (C=O) groups is 1. The third-order valence-corrected chi connectivity index (χ3v) is 6.96. The Balaban J connectivity index is 1.72. The van der Waals surface area contributed by atoms with Crippen LogP contribution in [0.2, 0.25) is 5.02 Å². The number of nitrogens with zero attached hydrogens (tertiary/aromatic N) is 3. The average molecular weight is 445 g/mol. The number of thiophene rings is 1. The monoisotopic (exact) mass is 444 g/mol. The summed E-state index contributed by atoms with van der Waals surface area (Å²) >= 11 is 7.79. The number of hydrogen-bond acceptors (Lipinski definition) is 5. The zero-order valence-corrected chi connectivity index (χ0v) is 19.0. The minimum absolute atomic E-state index is 0.0823. The third-order valence-electron chi connectivity index (χ3n) is 5.37. The number of carbonyl (C=O) groups excluding carboxylic acids is 1. The van der Waals surface area contributed by atoms with Crippen LogP contribution in [-0.2, 0) is 30.7 Å². The van der Waals surface area contributed by atoms with Gasteiger partial charge in [-0.2, -0.15) is 0 Å². The molecule has 2 aromatic heterocycles. The van der Waals surface area contributed by atoms with Crippen LogP contribution in [0.3, 0.4) is 0 Å². The van der Waals surface area contributed by atoms with Crippen LogP contribution in [0.1, 0.15) is 34.7 Å². The van der Waals surface area contributed by atoms with Crippen LogP contribution in [0, 0.1) is 6.92 Å². The molecule has 1 amide bonds. The zero-order valence-electron chi connectivity index (χ0n) is 17.4. The summed E-state index contributed by atoms with van der Waals surface area (Å²) in [6.07, 6.45) is 4.16. The van der Waals surface area contributed by atoms with Gasteiger partial charge in [0, 0.05) is 15.6 Å². The van der Waals surface area contributed by atoms with Crippen LogP contribution in [-0.4, -0.2) is 34.5 Å². The van der Waals surface area contributed by atoms with Gasteiger partial charge in [0.25, 0.3) is 5.56 Å². The predicted molar refractivity (Wildman–Crippen MR) is 123 cm³/mol. The van der Waals surface area contributed by atoms with Crippen molar-refractivity contribution < 1.29 is 4.79 Å². The van der Waals surface area contributed by atoms with Crippen molar-refractivity contribution in [3.05, 3.63) is 55.4 Å². The quantitative estimate of drug-likeness (QED) is 0.645. The number of anilines is 1. The maximum atomic E-state index is 13.5. The number of halogens is 1. The van der Waals surface area contributed by atoms with Gasteiger partial charge in [0.1, 0.15) is 17.2 Å². The van der Waals surface area contributed by atoms with Gasteiger partial charge in [0.05, 0.1) is 11.9 Å². The van der Waals surface area contributed by atoms with E-state index in [9.17, 15) is 9.59 Å². The number of amides is 1. The smallest absolute Gasteiger partial charge is 0.263 e. The highest BCUT2D eigenvalue weighted by Crippen LogP contribution is 2.33. The predicted octanol–water partition coefficient (Wildman–Crippen LogP) is 4.00. The standard InChI is InChI=1S/C22H25ClN4O2S/c1-13-8-9-14(10-16(13)23)24-19(28)12-27-18(11-26(2)3)25-21-20(22(27)29)15-6-4-5-7-17(15)30-21/h8-10H,4-7,11-12H2,1-3H3,(H,24,28). The number of aryl methyl sites for hydroxylation is 3. The number of benzene rings is 1. The molecule has 1 aliphatic carbocycles. The van der Waals surface area contributed by atoms with Gasteiger partial charge in [-0.3, -0.25) is 14.2 Å². The Morgan fingerprint density at radius 1 is 1.30 bits per heavy atom. The number of aromatic nitrogens is 2. The summed E-state index contributed by atoms with van der Waals surface area (Å²) in [6.45, 7) is 2.31. The van der Waals surface area contributed by atoms with Gasteiger partial charge in [0.15, 0.2) is 0 Å². The van der Waals surface area contributed by atoms with E-state index in [1.54, 1.807) is 23.5 Å². The molecule has 1 aliphatic rings. The average Bonchev–Trinajstić information content (AvgIpc) is 3.05. The zero-order chi connectivity index (χ0) is 21.4. The normalized spacial score (nSPS) is 13.6. The van der Waals surface area contributed by atoms with E-state index in [0.29, 0.717) is 28.5 Å². The van der Waals surface area contributed by atoms with Crippen molar-refractivity contribution in [2.75, 3.05) is 19.4 Å². The summed E-state index contributed by atoms with van der Waals surface area (Å²) in [6, 6.07) is 5.38. The van der Waals surface area contributed by atoms with Crippen LogP contribution >= 0.6 is 22.9 Å². The Morgan fingerprint density at radius 3 is 2.80 bits per heavy atom. The minimum Gasteiger partial charge on any atom is -0.324 e. The van der Waals surface area contributed by atoms with Crippen molar-refractivity contribution in [1.29, 1.82) is 0 Å². The van der Waals surface area contributed by atoms with E-state index < -0.39 is 0 Å². The maximum absolute atomic E-state index is 13.5. The molecule has 0 unspecified atom stereocenters. The highest BCUT2D eigenvalue weighted by atomic mass is 35.5. The van der Waals surface area contributed by atoms with Crippen molar-refractivity contribution in [1.82, 2.24) is 14.5 Å². The molecule has 0 spiro atoms. The Kier molecular flexibility index (Phi) is 5.95. The number of fused-ring (bicyclic) bond motifs is 3. The Morgan fingerprint density at radius 2 is 2.07 bits per heavy atom. The van der Waals surface area contributed by atoms with Gasteiger partial charge < -0.3 is 10.2 Å². The Labute approximate surface area is 184 Å². The van der Waals surface area contributed by atoms with E-state index in [2.05, 4.69) is 5.32 Å². The third kappa shape index (κ3) is 4.15. The summed E-state index contributed by atoms with van der Waals surface area (Å²) in [7, 11) is 3.85. The summed E-state index contributed by atoms with van der Waals surface area (Å²) in [4.78, 5) is 35.1. The number of rotatable bonds is 5. The molecule has 8 heteroatoms. The fraction of sp³-hybridized carbons (Fsp3) is 0.409. The molecule has 3 aromatic rings. The molecule has 158 valence electrons. The van der Waals surface area contributed by atoms with E-state index >= 15 is 0 Å². The molecule has 0 saturated carbocycles. The van der Waals surface area contributed by atoms with Crippen LogP contribution in [0.5, 0.6) is 0 Å². The first kappa shape index (κ1) is 21.0. The second-order valence-corrected chi connectivity index (χ2v) is 9.55. The fourth-order valence-corrected chi connectivity index (χ4v) is 5.31. The molecule has 1 N–H and O–H groups in total. The molecule has 6 nitrogen and oxygen atoms in total. The first-order chi connectivity index (χ1) is 14.3. The minimum atomic E-state index is -0.276. The highest BCUT2D eigenvalue weighted by Gasteiger charge is 2.23. The molecule has 0 aliphatic heterocycles. The number of nitrogens with one attached hydrogen (secondary N) is 1. The largest absolute Gasteiger partial charge is 0.324 e. The Hall–Kier alpha value is -2.22. The lowest BCUT2D eigenvalue weighted by Crippen LogP contribution is -2.33. The molecule has 4 rings (SSSR count). The van der Waals surface area contributed by atoms with E-state index in [-0.39, 0.29) is 18.0 Å². The van der Waals surface area contributed by atoms with Crippen LogP contribution in [0.25, 0.3) is 10.2 Å². The molecule has 30 heavy (non-hydrogen) atoms. The van der Waals surface area contributed by atoms with Crippen LogP contribution < -0.4 is 10.9 Å². The fourth-order valence-electron chi connectivity index (χ4n) is 3.86. The van der Waals surface area contributed by atoms with Crippen molar-refractivity contribution in [2.24, 2.45) is 0 Å². The van der Waals surface area contributed by atoms with E-state index in [0.717, 1.165) is 41.6 Å². The van der Waals surface area contributed by atoms with Crippen molar-refractivity contribution in [3.63, 3.8) is 0 Å². The lowest BCUT2D eigenvalue weighted by Gasteiger charge is -2.16. The van der Waals surface area contributed by atoms with Gasteiger partial charge in [-0.15, -0.1) is 11.3 Å². The molecular formula is C22H25ClN4O2S. The summed E-state index contributed by atoms with van der Waals surface area (Å²) in [5.41, 5.74) is 2.57. The van der Waals surface area contributed by atoms with Gasteiger partial charge in [-0.25, -0.2) is 4.98 Å². The molecule has 0 fully saturated rings. The Bertz CT molecular complexity index is 1180. The lowest BCUT2D eigenvalue weighted by molar-refractivity contribution is -0.116. The van der Waals surface area contributed by atoms with Crippen LogP contribution in [0.4, 0.5) is 5.69 Å². The first-order valence-corrected chi connectivity index (χ1v) is 11.3. The molecule has 0 bridgehead atoms. The second-order valence-electron chi connectivity index (χ2n) is 8.06. The molecule has 0 saturated heterocycles. The topological polar surface area (TPSA) is 67.2 Å².